The highest BCUT2D eigenvalue weighted by atomic mass is 16.5. The third kappa shape index (κ3) is 2.39. The van der Waals surface area contributed by atoms with E-state index < -0.39 is 5.97 Å². The largest absolute Gasteiger partial charge is 0.464 e. The average Bonchev–Trinajstić information content (AvgIpc) is 3.29. The Balaban J connectivity index is 1.77. The van der Waals surface area contributed by atoms with Gasteiger partial charge in [0.05, 0.1) is 12.8 Å². The van der Waals surface area contributed by atoms with E-state index in [2.05, 4.69) is 24.9 Å². The van der Waals surface area contributed by atoms with E-state index in [0.717, 1.165) is 5.69 Å². The van der Waals surface area contributed by atoms with Crippen LogP contribution in [0, 0.1) is 0 Å². The Hall–Kier alpha value is -3.55. The molecule has 1 aromatic carbocycles. The lowest BCUT2D eigenvalue weighted by molar-refractivity contribution is 0.0594. The molecule has 24 heavy (non-hydrogen) atoms. The molecule has 0 spiro atoms. The SMILES string of the molecule is COC(=O)c1cc(-c2nc3cc(-n4cnnc4)ccc3o2)ccn1. The van der Waals surface area contributed by atoms with E-state index in [0.29, 0.717) is 22.6 Å². The van der Waals surface area contributed by atoms with Crippen molar-refractivity contribution in [3.8, 4) is 17.1 Å². The zero-order valence-electron chi connectivity index (χ0n) is 12.6. The highest BCUT2D eigenvalue weighted by Gasteiger charge is 2.13. The molecule has 3 aromatic heterocycles. The fourth-order valence-corrected chi connectivity index (χ4v) is 2.31. The number of rotatable bonds is 3. The number of hydrogen-bond acceptors (Lipinski definition) is 7. The van der Waals surface area contributed by atoms with E-state index in [1.807, 2.05) is 18.2 Å². The number of nitrogens with zero attached hydrogens (tertiary/aromatic N) is 5. The van der Waals surface area contributed by atoms with Crippen LogP contribution in [0.25, 0.3) is 28.2 Å². The van der Waals surface area contributed by atoms with Crippen LogP contribution in [-0.2, 0) is 4.74 Å². The Morgan fingerprint density at radius 2 is 2.00 bits per heavy atom. The van der Waals surface area contributed by atoms with Crippen LogP contribution in [0.2, 0.25) is 0 Å². The Morgan fingerprint density at radius 3 is 2.79 bits per heavy atom. The summed E-state index contributed by atoms with van der Waals surface area (Å²) in [5, 5.41) is 7.57. The van der Waals surface area contributed by atoms with E-state index in [-0.39, 0.29) is 5.69 Å². The quantitative estimate of drug-likeness (QED) is 0.534. The number of hydrogen-bond donors (Lipinski definition) is 0. The minimum absolute atomic E-state index is 0.197. The number of carbonyl (C=O) groups is 1. The molecule has 0 N–H and O–H groups in total. The molecule has 8 nitrogen and oxygen atoms in total. The molecule has 0 saturated heterocycles. The molecule has 0 aliphatic rings. The summed E-state index contributed by atoms with van der Waals surface area (Å²) in [6.45, 7) is 0. The van der Waals surface area contributed by atoms with E-state index in [9.17, 15) is 4.79 Å². The molecule has 0 aliphatic carbocycles. The van der Waals surface area contributed by atoms with Gasteiger partial charge in [0.1, 0.15) is 23.9 Å². The molecule has 8 heteroatoms. The summed E-state index contributed by atoms with van der Waals surface area (Å²) in [5.41, 5.74) is 3.04. The minimum Gasteiger partial charge on any atom is -0.464 e. The molecule has 0 saturated carbocycles. The lowest BCUT2D eigenvalue weighted by Gasteiger charge is -1.99. The van der Waals surface area contributed by atoms with Crippen LogP contribution in [0.5, 0.6) is 0 Å². The van der Waals surface area contributed by atoms with Crippen molar-refractivity contribution >= 4 is 17.1 Å². The molecule has 0 aliphatic heterocycles. The third-order valence-corrected chi connectivity index (χ3v) is 3.49. The summed E-state index contributed by atoms with van der Waals surface area (Å²) in [6, 6.07) is 8.87. The maximum absolute atomic E-state index is 11.6. The van der Waals surface area contributed by atoms with Crippen molar-refractivity contribution < 1.29 is 13.9 Å². The van der Waals surface area contributed by atoms with Gasteiger partial charge in [0.25, 0.3) is 0 Å². The molecule has 0 bridgehead atoms. The molecule has 118 valence electrons. The van der Waals surface area contributed by atoms with Crippen molar-refractivity contribution in [2.75, 3.05) is 7.11 Å². The van der Waals surface area contributed by atoms with Gasteiger partial charge in [-0.05, 0) is 30.3 Å². The minimum atomic E-state index is -0.511. The highest BCUT2D eigenvalue weighted by Crippen LogP contribution is 2.26. The molecule has 0 radical (unpaired) electrons. The normalized spacial score (nSPS) is 10.9. The molecule has 4 rings (SSSR count). The van der Waals surface area contributed by atoms with E-state index in [1.54, 1.807) is 29.4 Å². The summed E-state index contributed by atoms with van der Waals surface area (Å²) >= 11 is 0. The molecule has 3 heterocycles. The van der Waals surface area contributed by atoms with Crippen LogP contribution >= 0.6 is 0 Å². The first-order valence-corrected chi connectivity index (χ1v) is 7.05. The van der Waals surface area contributed by atoms with E-state index in [1.165, 1.54) is 13.3 Å². The predicted molar refractivity (Wildman–Crippen MR) is 83.5 cm³/mol. The van der Waals surface area contributed by atoms with Crippen LogP contribution in [-0.4, -0.2) is 37.8 Å². The number of aromatic nitrogens is 5. The van der Waals surface area contributed by atoms with Gasteiger partial charge in [-0.15, -0.1) is 10.2 Å². The lowest BCUT2D eigenvalue weighted by Crippen LogP contribution is -2.03. The van der Waals surface area contributed by atoms with Crippen LogP contribution < -0.4 is 0 Å². The van der Waals surface area contributed by atoms with Crippen LogP contribution in [0.4, 0.5) is 0 Å². The topological polar surface area (TPSA) is 95.9 Å². The van der Waals surface area contributed by atoms with Gasteiger partial charge in [0.15, 0.2) is 5.58 Å². The van der Waals surface area contributed by atoms with Crippen LogP contribution in [0.15, 0.2) is 53.6 Å². The molecule has 0 fully saturated rings. The predicted octanol–water partition coefficient (Wildman–Crippen LogP) is 2.26. The third-order valence-electron chi connectivity index (χ3n) is 3.49. The van der Waals surface area contributed by atoms with Gasteiger partial charge in [0.2, 0.25) is 5.89 Å². The number of pyridine rings is 1. The number of esters is 1. The van der Waals surface area contributed by atoms with Gasteiger partial charge in [-0.3, -0.25) is 4.57 Å². The van der Waals surface area contributed by atoms with Gasteiger partial charge in [-0.2, -0.15) is 0 Å². The number of ether oxygens (including phenoxy) is 1. The number of benzene rings is 1. The zero-order chi connectivity index (χ0) is 16.5. The summed E-state index contributed by atoms with van der Waals surface area (Å²) in [7, 11) is 1.31. The Kier molecular flexibility index (Phi) is 3.27. The molecular weight excluding hydrogens is 310 g/mol. The molecule has 0 amide bonds. The first kappa shape index (κ1) is 14.1. The van der Waals surface area contributed by atoms with Crippen molar-refractivity contribution in [1.29, 1.82) is 0 Å². The van der Waals surface area contributed by atoms with Crippen molar-refractivity contribution in [3.05, 3.63) is 54.9 Å². The highest BCUT2D eigenvalue weighted by molar-refractivity contribution is 5.88. The smallest absolute Gasteiger partial charge is 0.356 e. The van der Waals surface area contributed by atoms with Crippen molar-refractivity contribution in [1.82, 2.24) is 24.7 Å². The second kappa shape index (κ2) is 5.58. The van der Waals surface area contributed by atoms with Gasteiger partial charge in [0, 0.05) is 11.8 Å². The summed E-state index contributed by atoms with van der Waals surface area (Å²) in [5.74, 6) is -0.110. The lowest BCUT2D eigenvalue weighted by atomic mass is 10.2. The molecular formula is C16H11N5O3. The standard InChI is InChI=1S/C16H11N5O3/c1-23-16(22)13-6-10(4-5-17-13)15-20-12-7-11(2-3-14(12)24-15)21-8-18-19-9-21/h2-9H,1H3. The second-order valence-corrected chi connectivity index (χ2v) is 4.96. The number of oxazole rings is 1. The van der Waals surface area contributed by atoms with Gasteiger partial charge < -0.3 is 9.15 Å². The summed E-state index contributed by atoms with van der Waals surface area (Å²) < 4.78 is 12.2. The molecule has 0 unspecified atom stereocenters. The maximum atomic E-state index is 11.6. The van der Waals surface area contributed by atoms with Gasteiger partial charge >= 0.3 is 5.97 Å². The maximum Gasteiger partial charge on any atom is 0.356 e. The Bertz CT molecular complexity index is 1020. The van der Waals surface area contributed by atoms with E-state index >= 15 is 0 Å². The Labute approximate surface area is 135 Å². The zero-order valence-corrected chi connectivity index (χ0v) is 12.6. The second-order valence-electron chi connectivity index (χ2n) is 4.96. The van der Waals surface area contributed by atoms with Crippen LogP contribution in [0.3, 0.4) is 0 Å². The number of carbonyl (C=O) groups excluding carboxylic acids is 1. The Morgan fingerprint density at radius 1 is 1.17 bits per heavy atom. The average molecular weight is 321 g/mol. The summed E-state index contributed by atoms with van der Waals surface area (Å²) in [6.07, 6.45) is 4.72. The van der Waals surface area contributed by atoms with Crippen molar-refractivity contribution in [2.45, 2.75) is 0 Å². The monoisotopic (exact) mass is 321 g/mol. The fourth-order valence-electron chi connectivity index (χ4n) is 2.31. The molecule has 4 aromatic rings. The van der Waals surface area contributed by atoms with Crippen molar-refractivity contribution in [3.63, 3.8) is 0 Å². The first-order valence-electron chi connectivity index (χ1n) is 7.05. The van der Waals surface area contributed by atoms with Crippen molar-refractivity contribution in [2.24, 2.45) is 0 Å². The van der Waals surface area contributed by atoms with E-state index in [4.69, 9.17) is 4.42 Å². The van der Waals surface area contributed by atoms with Gasteiger partial charge in [-0.1, -0.05) is 0 Å². The number of fused-ring (bicyclic) bond motifs is 1. The number of methoxy groups -OCH3 is 1. The molecule has 0 atom stereocenters. The van der Waals surface area contributed by atoms with Gasteiger partial charge in [-0.25, -0.2) is 14.8 Å². The first-order chi connectivity index (χ1) is 11.7. The van der Waals surface area contributed by atoms with Crippen LogP contribution in [0.1, 0.15) is 10.5 Å². The fraction of sp³-hybridized carbons (Fsp3) is 0.0625. The summed E-state index contributed by atoms with van der Waals surface area (Å²) in [4.78, 5) is 20.1.